The standard InChI is InChI=1S/C16H14FN3OS/c17-13-8-4-5-9-14(13)21-10-15-18-16(20-19-15)22-11-12-6-2-1-3-7-12/h1-9H,10-11H2,(H,18,19,20). The number of para-hydroxylation sites is 1. The molecule has 4 nitrogen and oxygen atoms in total. The molecular formula is C16H14FN3OS. The van der Waals surface area contributed by atoms with Crippen molar-refractivity contribution in [3.05, 3.63) is 71.8 Å². The highest BCUT2D eigenvalue weighted by Crippen LogP contribution is 2.20. The van der Waals surface area contributed by atoms with E-state index in [9.17, 15) is 4.39 Å². The van der Waals surface area contributed by atoms with E-state index in [2.05, 4.69) is 27.3 Å². The largest absolute Gasteiger partial charge is 0.483 e. The molecule has 3 aromatic rings. The van der Waals surface area contributed by atoms with Gasteiger partial charge in [-0.05, 0) is 17.7 Å². The molecule has 0 spiro atoms. The van der Waals surface area contributed by atoms with Gasteiger partial charge in [0, 0.05) is 5.75 Å². The van der Waals surface area contributed by atoms with Crippen LogP contribution < -0.4 is 4.74 Å². The summed E-state index contributed by atoms with van der Waals surface area (Å²) in [6, 6.07) is 16.4. The Morgan fingerprint density at radius 3 is 2.64 bits per heavy atom. The minimum absolute atomic E-state index is 0.153. The summed E-state index contributed by atoms with van der Waals surface area (Å²) in [5.74, 6) is 1.18. The number of hydrogen-bond acceptors (Lipinski definition) is 4. The van der Waals surface area contributed by atoms with Crippen molar-refractivity contribution in [2.75, 3.05) is 0 Å². The smallest absolute Gasteiger partial charge is 0.208 e. The van der Waals surface area contributed by atoms with Crippen molar-refractivity contribution in [2.45, 2.75) is 17.5 Å². The summed E-state index contributed by atoms with van der Waals surface area (Å²) in [4.78, 5) is 4.32. The fourth-order valence-electron chi connectivity index (χ4n) is 1.84. The average Bonchev–Trinajstić information content (AvgIpc) is 3.01. The second kappa shape index (κ2) is 7.09. The highest BCUT2D eigenvalue weighted by atomic mass is 32.2. The molecule has 0 aliphatic rings. The Kier molecular flexibility index (Phi) is 4.70. The second-order valence-corrected chi connectivity index (χ2v) is 5.50. The maximum Gasteiger partial charge on any atom is 0.208 e. The molecule has 0 bridgehead atoms. The molecule has 0 aliphatic carbocycles. The highest BCUT2D eigenvalue weighted by molar-refractivity contribution is 7.98. The maximum atomic E-state index is 13.4. The lowest BCUT2D eigenvalue weighted by Crippen LogP contribution is -1.99. The van der Waals surface area contributed by atoms with Crippen molar-refractivity contribution in [1.29, 1.82) is 0 Å². The number of aromatic nitrogens is 3. The van der Waals surface area contributed by atoms with Crippen LogP contribution in [-0.2, 0) is 12.4 Å². The SMILES string of the molecule is Fc1ccccc1OCc1nc(SCc2ccccc2)n[nH]1. The van der Waals surface area contributed by atoms with E-state index in [1.165, 1.54) is 23.4 Å². The second-order valence-electron chi connectivity index (χ2n) is 4.56. The summed E-state index contributed by atoms with van der Waals surface area (Å²) in [5, 5.41) is 7.57. The van der Waals surface area contributed by atoms with Crippen molar-refractivity contribution < 1.29 is 9.13 Å². The van der Waals surface area contributed by atoms with Gasteiger partial charge in [0.25, 0.3) is 0 Å². The quantitative estimate of drug-likeness (QED) is 0.703. The van der Waals surface area contributed by atoms with Gasteiger partial charge in [0.1, 0.15) is 6.61 Å². The highest BCUT2D eigenvalue weighted by Gasteiger charge is 2.07. The Bertz CT molecular complexity index is 733. The molecule has 22 heavy (non-hydrogen) atoms. The van der Waals surface area contributed by atoms with Gasteiger partial charge in [-0.1, -0.05) is 54.2 Å². The molecule has 1 N–H and O–H groups in total. The van der Waals surface area contributed by atoms with Crippen LogP contribution in [0.5, 0.6) is 5.75 Å². The third-order valence-electron chi connectivity index (χ3n) is 2.92. The van der Waals surface area contributed by atoms with E-state index >= 15 is 0 Å². The van der Waals surface area contributed by atoms with E-state index in [0.29, 0.717) is 11.0 Å². The van der Waals surface area contributed by atoms with E-state index in [4.69, 9.17) is 4.74 Å². The first-order chi connectivity index (χ1) is 10.8. The minimum Gasteiger partial charge on any atom is -0.483 e. The number of halogens is 1. The molecule has 0 radical (unpaired) electrons. The molecule has 0 amide bonds. The van der Waals surface area contributed by atoms with Gasteiger partial charge in [0.15, 0.2) is 17.4 Å². The van der Waals surface area contributed by atoms with E-state index < -0.39 is 0 Å². The zero-order valence-electron chi connectivity index (χ0n) is 11.7. The molecule has 0 aliphatic heterocycles. The van der Waals surface area contributed by atoms with Crippen LogP contribution in [0.2, 0.25) is 0 Å². The third kappa shape index (κ3) is 3.85. The molecule has 0 fully saturated rings. The number of thioether (sulfide) groups is 1. The van der Waals surface area contributed by atoms with Crippen LogP contribution in [-0.4, -0.2) is 15.2 Å². The number of ether oxygens (including phenoxy) is 1. The lowest BCUT2D eigenvalue weighted by Gasteiger charge is -2.03. The zero-order valence-corrected chi connectivity index (χ0v) is 12.5. The molecule has 0 saturated carbocycles. The number of H-pyrrole nitrogens is 1. The van der Waals surface area contributed by atoms with Gasteiger partial charge < -0.3 is 4.74 Å². The summed E-state index contributed by atoms with van der Waals surface area (Å²) in [5.41, 5.74) is 1.21. The number of hydrogen-bond donors (Lipinski definition) is 1. The van der Waals surface area contributed by atoms with Gasteiger partial charge in [-0.2, -0.15) is 0 Å². The summed E-state index contributed by atoms with van der Waals surface area (Å²) in [7, 11) is 0. The Hall–Kier alpha value is -2.34. The summed E-state index contributed by atoms with van der Waals surface area (Å²) in [6.07, 6.45) is 0. The molecule has 0 unspecified atom stereocenters. The molecule has 0 saturated heterocycles. The summed E-state index contributed by atoms with van der Waals surface area (Å²) >= 11 is 1.54. The van der Waals surface area contributed by atoms with Crippen LogP contribution in [0.15, 0.2) is 59.8 Å². The lowest BCUT2D eigenvalue weighted by atomic mass is 10.2. The van der Waals surface area contributed by atoms with E-state index in [1.54, 1.807) is 18.2 Å². The molecule has 3 rings (SSSR count). The third-order valence-corrected chi connectivity index (χ3v) is 3.84. The van der Waals surface area contributed by atoms with Crippen LogP contribution in [0, 0.1) is 5.82 Å². The fraction of sp³-hybridized carbons (Fsp3) is 0.125. The predicted molar refractivity (Wildman–Crippen MR) is 83.1 cm³/mol. The van der Waals surface area contributed by atoms with Gasteiger partial charge in [-0.15, -0.1) is 5.10 Å². The van der Waals surface area contributed by atoms with Crippen LogP contribution in [0.25, 0.3) is 0 Å². The Labute approximate surface area is 131 Å². The van der Waals surface area contributed by atoms with Gasteiger partial charge >= 0.3 is 0 Å². The van der Waals surface area contributed by atoms with Crippen LogP contribution in [0.4, 0.5) is 4.39 Å². The van der Waals surface area contributed by atoms with Crippen molar-refractivity contribution in [2.24, 2.45) is 0 Å². The topological polar surface area (TPSA) is 50.8 Å². The van der Waals surface area contributed by atoms with E-state index in [-0.39, 0.29) is 18.2 Å². The van der Waals surface area contributed by atoms with Crippen molar-refractivity contribution in [3.63, 3.8) is 0 Å². The lowest BCUT2D eigenvalue weighted by molar-refractivity contribution is 0.281. The van der Waals surface area contributed by atoms with Crippen molar-refractivity contribution in [1.82, 2.24) is 15.2 Å². The van der Waals surface area contributed by atoms with E-state index in [0.717, 1.165) is 5.75 Å². The summed E-state index contributed by atoms with van der Waals surface area (Å²) < 4.78 is 18.8. The van der Waals surface area contributed by atoms with E-state index in [1.807, 2.05) is 18.2 Å². The first-order valence-electron chi connectivity index (χ1n) is 6.76. The molecule has 2 aromatic carbocycles. The molecule has 1 heterocycles. The normalized spacial score (nSPS) is 10.6. The van der Waals surface area contributed by atoms with Gasteiger partial charge in [-0.25, -0.2) is 9.37 Å². The van der Waals surface area contributed by atoms with Crippen LogP contribution in [0.3, 0.4) is 0 Å². The van der Waals surface area contributed by atoms with Crippen LogP contribution in [0.1, 0.15) is 11.4 Å². The van der Waals surface area contributed by atoms with Crippen LogP contribution >= 0.6 is 11.8 Å². The van der Waals surface area contributed by atoms with Crippen molar-refractivity contribution in [3.8, 4) is 5.75 Å². The predicted octanol–water partition coefficient (Wildman–Crippen LogP) is 3.82. The first-order valence-corrected chi connectivity index (χ1v) is 7.75. The number of aromatic amines is 1. The molecule has 0 atom stereocenters. The molecule has 112 valence electrons. The van der Waals surface area contributed by atoms with Crippen molar-refractivity contribution >= 4 is 11.8 Å². The number of nitrogens with zero attached hydrogens (tertiary/aromatic N) is 2. The number of nitrogens with one attached hydrogen (secondary N) is 1. The fourth-order valence-corrected chi connectivity index (χ4v) is 2.61. The molecular weight excluding hydrogens is 301 g/mol. The number of rotatable bonds is 6. The van der Waals surface area contributed by atoms with Gasteiger partial charge in [0.05, 0.1) is 0 Å². The molecule has 1 aromatic heterocycles. The maximum absolute atomic E-state index is 13.4. The zero-order chi connectivity index (χ0) is 15.2. The summed E-state index contributed by atoms with van der Waals surface area (Å²) in [6.45, 7) is 0.153. The van der Waals surface area contributed by atoms with Gasteiger partial charge in [0.2, 0.25) is 5.16 Å². The average molecular weight is 315 g/mol. The first kappa shape index (κ1) is 14.6. The Morgan fingerprint density at radius 1 is 1.05 bits per heavy atom. The monoisotopic (exact) mass is 315 g/mol. The Balaban J connectivity index is 1.54. The number of benzene rings is 2. The Morgan fingerprint density at radius 2 is 1.82 bits per heavy atom. The molecule has 6 heteroatoms. The minimum atomic E-state index is -0.388. The van der Waals surface area contributed by atoms with Gasteiger partial charge in [-0.3, -0.25) is 5.10 Å².